The van der Waals surface area contributed by atoms with Crippen molar-refractivity contribution in [1.29, 1.82) is 0 Å². The van der Waals surface area contributed by atoms with E-state index in [1.807, 2.05) is 48.5 Å². The Labute approximate surface area is 183 Å². The number of amides is 1. The number of carbonyl (C=O) groups is 1. The highest BCUT2D eigenvalue weighted by molar-refractivity contribution is 6.09. The van der Waals surface area contributed by atoms with Crippen LogP contribution in [0.5, 0.6) is 5.75 Å². The summed E-state index contributed by atoms with van der Waals surface area (Å²) in [5.74, 6) is -0.0413. The molecule has 5 rings (SSSR count). The smallest absolute Gasteiger partial charge is 0.246 e. The second kappa shape index (κ2) is 8.11. The Balaban J connectivity index is 1.64. The van der Waals surface area contributed by atoms with E-state index in [2.05, 4.69) is 10.3 Å². The van der Waals surface area contributed by atoms with E-state index in [0.717, 1.165) is 33.1 Å². The van der Waals surface area contributed by atoms with Gasteiger partial charge in [-0.3, -0.25) is 14.5 Å². The van der Waals surface area contributed by atoms with E-state index in [9.17, 15) is 9.18 Å². The summed E-state index contributed by atoms with van der Waals surface area (Å²) < 4.78 is 20.6. The lowest BCUT2D eigenvalue weighted by Gasteiger charge is -2.08. The van der Waals surface area contributed by atoms with Crippen molar-refractivity contribution < 1.29 is 13.9 Å². The molecule has 0 atom stereocenters. The van der Waals surface area contributed by atoms with Crippen LogP contribution in [0, 0.1) is 5.82 Å². The summed E-state index contributed by atoms with van der Waals surface area (Å²) in [6.07, 6.45) is 1.78. The highest BCUT2D eigenvalue weighted by Crippen LogP contribution is 2.33. The zero-order valence-electron chi connectivity index (χ0n) is 17.2. The molecule has 0 saturated heterocycles. The predicted molar refractivity (Wildman–Crippen MR) is 122 cm³/mol. The third kappa shape index (κ3) is 3.65. The van der Waals surface area contributed by atoms with Gasteiger partial charge in [0.05, 0.1) is 18.1 Å². The first-order valence-corrected chi connectivity index (χ1v) is 10.1. The average Bonchev–Trinajstić information content (AvgIpc) is 3.18. The van der Waals surface area contributed by atoms with Gasteiger partial charge < -0.3 is 10.1 Å². The van der Waals surface area contributed by atoms with Crippen LogP contribution in [-0.4, -0.2) is 27.8 Å². The molecule has 0 aliphatic rings. The molecule has 0 unspecified atom stereocenters. The van der Waals surface area contributed by atoms with Crippen LogP contribution in [0.15, 0.2) is 79.0 Å². The molecule has 0 aliphatic heterocycles. The number of fused-ring (bicyclic) bond motifs is 3. The van der Waals surface area contributed by atoms with Crippen molar-refractivity contribution in [2.24, 2.45) is 0 Å². The SMILES string of the molecule is COc1ccc2ncc3c(-c4ccccc4)nn(CC(=O)Nc4cccc(F)c4)c3c2c1. The van der Waals surface area contributed by atoms with Crippen LogP contribution >= 0.6 is 0 Å². The highest BCUT2D eigenvalue weighted by atomic mass is 19.1. The van der Waals surface area contributed by atoms with Crippen LogP contribution in [0.1, 0.15) is 0 Å². The number of pyridine rings is 1. The maximum atomic E-state index is 13.5. The summed E-state index contributed by atoms with van der Waals surface area (Å²) in [6.45, 7) is -0.0455. The number of halogens is 1. The van der Waals surface area contributed by atoms with E-state index in [1.54, 1.807) is 30.1 Å². The molecule has 0 aliphatic carbocycles. The van der Waals surface area contributed by atoms with Crippen molar-refractivity contribution in [2.75, 3.05) is 12.4 Å². The zero-order chi connectivity index (χ0) is 22.1. The maximum absolute atomic E-state index is 13.5. The van der Waals surface area contributed by atoms with Gasteiger partial charge in [0.15, 0.2) is 0 Å². The monoisotopic (exact) mass is 426 g/mol. The number of hydrogen-bond donors (Lipinski definition) is 1. The molecule has 3 aromatic carbocycles. The molecule has 32 heavy (non-hydrogen) atoms. The van der Waals surface area contributed by atoms with Crippen molar-refractivity contribution in [3.8, 4) is 17.0 Å². The average molecular weight is 426 g/mol. The number of ether oxygens (including phenoxy) is 1. The fourth-order valence-electron chi connectivity index (χ4n) is 3.79. The first-order chi connectivity index (χ1) is 15.6. The molecule has 6 nitrogen and oxygen atoms in total. The van der Waals surface area contributed by atoms with Gasteiger partial charge in [0.25, 0.3) is 0 Å². The van der Waals surface area contributed by atoms with Gasteiger partial charge in [0.1, 0.15) is 23.8 Å². The van der Waals surface area contributed by atoms with Gasteiger partial charge in [-0.2, -0.15) is 5.10 Å². The topological polar surface area (TPSA) is 69.0 Å². The van der Waals surface area contributed by atoms with Gasteiger partial charge in [-0.05, 0) is 36.4 Å². The Bertz CT molecular complexity index is 1450. The van der Waals surface area contributed by atoms with Crippen molar-refractivity contribution in [3.63, 3.8) is 0 Å². The highest BCUT2D eigenvalue weighted by Gasteiger charge is 2.18. The molecule has 0 fully saturated rings. The van der Waals surface area contributed by atoms with E-state index in [4.69, 9.17) is 9.84 Å². The van der Waals surface area contributed by atoms with Crippen LogP contribution in [-0.2, 0) is 11.3 Å². The number of nitrogens with one attached hydrogen (secondary N) is 1. The normalized spacial score (nSPS) is 11.1. The first-order valence-electron chi connectivity index (χ1n) is 10.1. The number of anilines is 1. The van der Waals surface area contributed by atoms with Crippen molar-refractivity contribution in [1.82, 2.24) is 14.8 Å². The summed E-state index contributed by atoms with van der Waals surface area (Å²) in [4.78, 5) is 17.4. The Hall–Kier alpha value is -4.26. The molecule has 1 N–H and O–H groups in total. The van der Waals surface area contributed by atoms with Gasteiger partial charge in [0, 0.05) is 28.2 Å². The summed E-state index contributed by atoms with van der Waals surface area (Å²) in [6, 6.07) is 21.2. The molecule has 0 bridgehead atoms. The lowest BCUT2D eigenvalue weighted by molar-refractivity contribution is -0.116. The Morgan fingerprint density at radius 2 is 1.88 bits per heavy atom. The number of hydrogen-bond acceptors (Lipinski definition) is 4. The predicted octanol–water partition coefficient (Wildman–Crippen LogP) is 5.04. The van der Waals surface area contributed by atoms with Crippen molar-refractivity contribution in [2.45, 2.75) is 6.54 Å². The molecule has 0 radical (unpaired) electrons. The Kier molecular flexibility index (Phi) is 4.99. The molecule has 7 heteroatoms. The molecule has 0 saturated carbocycles. The summed E-state index contributed by atoms with van der Waals surface area (Å²) in [5.41, 5.74) is 3.59. The third-order valence-electron chi connectivity index (χ3n) is 5.23. The van der Waals surface area contributed by atoms with Gasteiger partial charge in [-0.1, -0.05) is 36.4 Å². The van der Waals surface area contributed by atoms with Gasteiger partial charge >= 0.3 is 0 Å². The number of carbonyl (C=O) groups excluding carboxylic acids is 1. The fourth-order valence-corrected chi connectivity index (χ4v) is 3.79. The summed E-state index contributed by atoms with van der Waals surface area (Å²) >= 11 is 0. The molecule has 1 amide bonds. The number of rotatable bonds is 5. The van der Waals surface area contributed by atoms with Crippen molar-refractivity contribution in [3.05, 3.63) is 84.8 Å². The van der Waals surface area contributed by atoms with E-state index >= 15 is 0 Å². The second-order valence-electron chi connectivity index (χ2n) is 7.33. The van der Waals surface area contributed by atoms with Gasteiger partial charge in [0.2, 0.25) is 5.91 Å². The molecule has 5 aromatic rings. The first kappa shape index (κ1) is 19.7. The molecular formula is C25H19FN4O2. The quantitative estimate of drug-likeness (QED) is 0.428. The zero-order valence-corrected chi connectivity index (χ0v) is 17.2. The van der Waals surface area contributed by atoms with Gasteiger partial charge in [-0.15, -0.1) is 0 Å². The minimum absolute atomic E-state index is 0.0455. The standard InChI is InChI=1S/C25H19FN4O2/c1-32-19-10-11-22-20(13-19)25-21(14-27-22)24(16-6-3-2-4-7-16)29-30(25)15-23(31)28-18-9-5-8-17(26)12-18/h2-14H,15H2,1H3,(H,28,31). The fraction of sp³-hybridized carbons (Fsp3) is 0.0800. The minimum atomic E-state index is -0.414. The lowest BCUT2D eigenvalue weighted by atomic mass is 10.1. The number of nitrogens with zero attached hydrogens (tertiary/aromatic N) is 3. The molecule has 0 spiro atoms. The largest absolute Gasteiger partial charge is 0.497 e. The third-order valence-corrected chi connectivity index (χ3v) is 5.23. The van der Waals surface area contributed by atoms with E-state index < -0.39 is 5.82 Å². The summed E-state index contributed by atoms with van der Waals surface area (Å²) in [5, 5.41) is 9.16. The van der Waals surface area contributed by atoms with Crippen LogP contribution in [0.2, 0.25) is 0 Å². The minimum Gasteiger partial charge on any atom is -0.497 e. The van der Waals surface area contributed by atoms with Crippen LogP contribution in [0.4, 0.5) is 10.1 Å². The molecule has 2 aromatic heterocycles. The summed E-state index contributed by atoms with van der Waals surface area (Å²) in [7, 11) is 1.61. The maximum Gasteiger partial charge on any atom is 0.246 e. The van der Waals surface area contributed by atoms with E-state index in [-0.39, 0.29) is 12.5 Å². The van der Waals surface area contributed by atoms with Crippen molar-refractivity contribution >= 4 is 33.4 Å². The molecule has 158 valence electrons. The Morgan fingerprint density at radius 3 is 2.66 bits per heavy atom. The second-order valence-corrected chi connectivity index (χ2v) is 7.33. The van der Waals surface area contributed by atoms with E-state index in [0.29, 0.717) is 11.4 Å². The molecule has 2 heterocycles. The van der Waals surface area contributed by atoms with Crippen LogP contribution < -0.4 is 10.1 Å². The van der Waals surface area contributed by atoms with E-state index in [1.165, 1.54) is 12.1 Å². The van der Waals surface area contributed by atoms with Crippen LogP contribution in [0.25, 0.3) is 33.1 Å². The van der Waals surface area contributed by atoms with Crippen LogP contribution in [0.3, 0.4) is 0 Å². The number of aromatic nitrogens is 3. The molecular weight excluding hydrogens is 407 g/mol. The Morgan fingerprint density at radius 1 is 1.03 bits per heavy atom. The number of benzene rings is 3. The van der Waals surface area contributed by atoms with Gasteiger partial charge in [-0.25, -0.2) is 4.39 Å². The lowest BCUT2D eigenvalue weighted by Crippen LogP contribution is -2.19. The number of methoxy groups -OCH3 is 1.